The summed E-state index contributed by atoms with van der Waals surface area (Å²) in [5.41, 5.74) is 8.52. The Hall–Kier alpha value is -1.62. The molecule has 94 valence electrons. The van der Waals surface area contributed by atoms with Gasteiger partial charge in [0.2, 0.25) is 0 Å². The Labute approximate surface area is 113 Å². The Morgan fingerprint density at radius 1 is 1.33 bits per heavy atom. The first-order valence-corrected chi connectivity index (χ1v) is 6.22. The molecule has 3 nitrogen and oxygen atoms in total. The van der Waals surface area contributed by atoms with Gasteiger partial charge >= 0.3 is 0 Å². The molecule has 0 unspecified atom stereocenters. The Balaban J connectivity index is 2.34. The van der Waals surface area contributed by atoms with Crippen molar-refractivity contribution in [1.82, 2.24) is 4.98 Å². The number of nitrogens with one attached hydrogen (secondary N) is 1. The summed E-state index contributed by atoms with van der Waals surface area (Å²) in [5.74, 6) is 0.369. The molecule has 2 rings (SSSR count). The van der Waals surface area contributed by atoms with Crippen molar-refractivity contribution < 1.29 is 4.39 Å². The third-order valence-electron chi connectivity index (χ3n) is 2.74. The van der Waals surface area contributed by atoms with E-state index in [2.05, 4.69) is 26.2 Å². The lowest BCUT2D eigenvalue weighted by molar-refractivity contribution is 0.619. The summed E-state index contributed by atoms with van der Waals surface area (Å²) in [6.07, 6.45) is 1.58. The van der Waals surface area contributed by atoms with Crippen molar-refractivity contribution in [3.8, 4) is 0 Å². The molecule has 1 aromatic carbocycles. The van der Waals surface area contributed by atoms with E-state index >= 15 is 0 Å². The van der Waals surface area contributed by atoms with Gasteiger partial charge in [0.25, 0.3) is 0 Å². The molecule has 5 heteroatoms. The van der Waals surface area contributed by atoms with Gasteiger partial charge in [-0.2, -0.15) is 0 Å². The average molecular weight is 310 g/mol. The van der Waals surface area contributed by atoms with E-state index in [1.54, 1.807) is 25.3 Å². The molecule has 2 aromatic rings. The minimum Gasteiger partial charge on any atom is -0.397 e. The zero-order valence-electron chi connectivity index (χ0n) is 10.1. The van der Waals surface area contributed by atoms with E-state index in [0.29, 0.717) is 22.8 Å². The van der Waals surface area contributed by atoms with Gasteiger partial charge in [-0.15, -0.1) is 0 Å². The Bertz CT molecular complexity index is 599. The summed E-state index contributed by atoms with van der Waals surface area (Å²) >= 11 is 3.42. The topological polar surface area (TPSA) is 50.9 Å². The van der Waals surface area contributed by atoms with Crippen LogP contribution in [0.5, 0.6) is 0 Å². The highest BCUT2D eigenvalue weighted by Crippen LogP contribution is 2.30. The highest BCUT2D eigenvalue weighted by atomic mass is 79.9. The van der Waals surface area contributed by atoms with Crippen molar-refractivity contribution in [3.63, 3.8) is 0 Å². The van der Waals surface area contributed by atoms with Gasteiger partial charge in [-0.25, -0.2) is 9.37 Å². The Morgan fingerprint density at radius 2 is 2.06 bits per heavy atom. The predicted octanol–water partition coefficient (Wildman–Crippen LogP) is 3.93. The molecule has 0 aliphatic carbocycles. The second-order valence-corrected chi connectivity index (χ2v) is 4.88. The molecule has 1 heterocycles. The summed E-state index contributed by atoms with van der Waals surface area (Å²) in [5, 5.41) is 3.05. The summed E-state index contributed by atoms with van der Waals surface area (Å²) in [7, 11) is 0. The summed E-state index contributed by atoms with van der Waals surface area (Å²) in [6, 6.07) is 4.96. The van der Waals surface area contributed by atoms with Gasteiger partial charge in [0.1, 0.15) is 11.6 Å². The monoisotopic (exact) mass is 309 g/mol. The normalized spacial score (nSPS) is 10.4. The molecule has 0 spiro atoms. The van der Waals surface area contributed by atoms with E-state index in [1.807, 2.05) is 6.92 Å². The van der Waals surface area contributed by atoms with Crippen molar-refractivity contribution >= 4 is 33.1 Å². The third-order valence-corrected chi connectivity index (χ3v) is 3.71. The van der Waals surface area contributed by atoms with Gasteiger partial charge in [0.15, 0.2) is 0 Å². The van der Waals surface area contributed by atoms with Gasteiger partial charge in [-0.3, -0.25) is 0 Å². The van der Waals surface area contributed by atoms with E-state index in [0.717, 1.165) is 10.0 Å². The van der Waals surface area contributed by atoms with Crippen LogP contribution in [0.3, 0.4) is 0 Å². The van der Waals surface area contributed by atoms with Crippen LogP contribution in [0.1, 0.15) is 11.1 Å². The maximum Gasteiger partial charge on any atom is 0.145 e. The standard InChI is InChI=1S/C13H13BrFN3/c1-7-3-4-9(5-10(7)15)18-13-12(14)8(2)11(16)6-17-13/h3-6H,16H2,1-2H3,(H,17,18). The Kier molecular flexibility index (Phi) is 3.52. The number of aryl methyl sites for hydroxylation is 1. The lowest BCUT2D eigenvalue weighted by Gasteiger charge is -2.11. The first-order valence-electron chi connectivity index (χ1n) is 5.43. The van der Waals surface area contributed by atoms with Crippen molar-refractivity contribution in [2.45, 2.75) is 13.8 Å². The average Bonchev–Trinajstić information content (AvgIpc) is 2.34. The first kappa shape index (κ1) is 12.8. The number of benzene rings is 1. The van der Waals surface area contributed by atoms with Crippen LogP contribution in [0.4, 0.5) is 21.6 Å². The predicted molar refractivity (Wildman–Crippen MR) is 75.5 cm³/mol. The van der Waals surface area contributed by atoms with Gasteiger partial charge < -0.3 is 11.1 Å². The number of halogens is 2. The van der Waals surface area contributed by atoms with E-state index < -0.39 is 0 Å². The molecule has 0 bridgehead atoms. The molecule has 0 saturated carbocycles. The number of hydrogen-bond donors (Lipinski definition) is 2. The number of nitrogens with zero attached hydrogens (tertiary/aromatic N) is 1. The number of anilines is 3. The quantitative estimate of drug-likeness (QED) is 0.884. The number of nitrogen functional groups attached to an aromatic ring is 1. The second-order valence-electron chi connectivity index (χ2n) is 4.09. The fourth-order valence-electron chi connectivity index (χ4n) is 1.49. The fraction of sp³-hybridized carbons (Fsp3) is 0.154. The molecule has 0 atom stereocenters. The highest BCUT2D eigenvalue weighted by molar-refractivity contribution is 9.10. The number of hydrogen-bond acceptors (Lipinski definition) is 3. The van der Waals surface area contributed by atoms with Crippen LogP contribution >= 0.6 is 15.9 Å². The van der Waals surface area contributed by atoms with Crippen LogP contribution in [0.15, 0.2) is 28.9 Å². The first-order chi connectivity index (χ1) is 8.49. The minimum absolute atomic E-state index is 0.247. The fourth-order valence-corrected chi connectivity index (χ4v) is 1.92. The molecule has 0 saturated heterocycles. The number of aromatic nitrogens is 1. The minimum atomic E-state index is -0.247. The SMILES string of the molecule is Cc1ccc(Nc2ncc(N)c(C)c2Br)cc1F. The molecule has 0 aliphatic heterocycles. The molecular formula is C13H13BrFN3. The molecule has 0 amide bonds. The molecule has 1 aromatic heterocycles. The van der Waals surface area contributed by atoms with Crippen LogP contribution in [0.25, 0.3) is 0 Å². The number of pyridine rings is 1. The summed E-state index contributed by atoms with van der Waals surface area (Å²) < 4.78 is 14.2. The third kappa shape index (κ3) is 2.46. The highest BCUT2D eigenvalue weighted by Gasteiger charge is 2.08. The van der Waals surface area contributed by atoms with Crippen molar-refractivity contribution in [2.75, 3.05) is 11.1 Å². The van der Waals surface area contributed by atoms with Gasteiger partial charge in [0, 0.05) is 5.69 Å². The van der Waals surface area contributed by atoms with Crippen LogP contribution < -0.4 is 11.1 Å². The molecule has 3 N–H and O–H groups in total. The lowest BCUT2D eigenvalue weighted by Crippen LogP contribution is -2.00. The maximum atomic E-state index is 13.4. The van der Waals surface area contributed by atoms with Gasteiger partial charge in [-0.05, 0) is 53.0 Å². The van der Waals surface area contributed by atoms with E-state index in [-0.39, 0.29) is 5.82 Å². The number of rotatable bonds is 2. The van der Waals surface area contributed by atoms with Crippen LogP contribution in [-0.4, -0.2) is 4.98 Å². The summed E-state index contributed by atoms with van der Waals surface area (Å²) in [4.78, 5) is 4.18. The molecule has 18 heavy (non-hydrogen) atoms. The van der Waals surface area contributed by atoms with Crippen LogP contribution in [0, 0.1) is 19.7 Å². The van der Waals surface area contributed by atoms with E-state index in [4.69, 9.17) is 5.73 Å². The molecule has 0 aliphatic rings. The van der Waals surface area contributed by atoms with Crippen LogP contribution in [-0.2, 0) is 0 Å². The summed E-state index contributed by atoms with van der Waals surface area (Å²) in [6.45, 7) is 3.61. The maximum absolute atomic E-state index is 13.4. The van der Waals surface area contributed by atoms with Gasteiger partial charge in [0.05, 0.1) is 16.4 Å². The van der Waals surface area contributed by atoms with Crippen molar-refractivity contribution in [1.29, 1.82) is 0 Å². The lowest BCUT2D eigenvalue weighted by atomic mass is 10.2. The molecule has 0 radical (unpaired) electrons. The zero-order valence-corrected chi connectivity index (χ0v) is 11.7. The van der Waals surface area contributed by atoms with E-state index in [1.165, 1.54) is 6.07 Å². The smallest absolute Gasteiger partial charge is 0.145 e. The van der Waals surface area contributed by atoms with Crippen LogP contribution in [0.2, 0.25) is 0 Å². The largest absolute Gasteiger partial charge is 0.397 e. The number of nitrogens with two attached hydrogens (primary N) is 1. The van der Waals surface area contributed by atoms with Gasteiger partial charge in [-0.1, -0.05) is 6.07 Å². The van der Waals surface area contributed by atoms with E-state index in [9.17, 15) is 4.39 Å². The molecular weight excluding hydrogens is 297 g/mol. The van der Waals surface area contributed by atoms with Crippen molar-refractivity contribution in [2.24, 2.45) is 0 Å². The van der Waals surface area contributed by atoms with Crippen molar-refractivity contribution in [3.05, 3.63) is 45.8 Å². The Morgan fingerprint density at radius 3 is 2.72 bits per heavy atom. The zero-order chi connectivity index (χ0) is 13.3. The molecule has 0 fully saturated rings. The second kappa shape index (κ2) is 4.94.